The number of piperazine rings is 1. The molecule has 1 aliphatic heterocycles. The third-order valence-electron chi connectivity index (χ3n) is 2.84. The van der Waals surface area contributed by atoms with Gasteiger partial charge in [0.15, 0.2) is 5.82 Å². The van der Waals surface area contributed by atoms with Crippen molar-refractivity contribution in [2.24, 2.45) is 5.90 Å². The molecule has 7 heteroatoms. The highest BCUT2D eigenvalue weighted by Crippen LogP contribution is 2.20. The molecule has 2 heterocycles. The summed E-state index contributed by atoms with van der Waals surface area (Å²) in [6, 6.07) is 0.175. The van der Waals surface area contributed by atoms with E-state index < -0.39 is 0 Å². The Labute approximate surface area is 94.1 Å². The fourth-order valence-electron chi connectivity index (χ4n) is 1.82. The molecule has 1 saturated heterocycles. The van der Waals surface area contributed by atoms with Crippen LogP contribution in [0.3, 0.4) is 0 Å². The van der Waals surface area contributed by atoms with E-state index in [0.29, 0.717) is 11.7 Å². The Bertz CT molecular complexity index is 342. The normalized spacial score (nSPS) is 23.8. The van der Waals surface area contributed by atoms with Crippen molar-refractivity contribution in [1.82, 2.24) is 19.9 Å². The molecular weight excluding hydrogens is 210 g/mol. The molecule has 7 nitrogen and oxygen atoms in total. The highest BCUT2D eigenvalue weighted by atomic mass is 16.6. The summed E-state index contributed by atoms with van der Waals surface area (Å²) in [7, 11) is 4.15. The summed E-state index contributed by atoms with van der Waals surface area (Å²) >= 11 is 0. The van der Waals surface area contributed by atoms with Crippen molar-refractivity contribution >= 4 is 0 Å². The van der Waals surface area contributed by atoms with Gasteiger partial charge in [-0.05, 0) is 14.1 Å². The van der Waals surface area contributed by atoms with E-state index in [4.69, 9.17) is 10.4 Å². The van der Waals surface area contributed by atoms with Gasteiger partial charge >= 0.3 is 0 Å². The lowest BCUT2D eigenvalue weighted by atomic mass is 10.2. The van der Waals surface area contributed by atoms with Gasteiger partial charge in [0.1, 0.15) is 6.61 Å². The van der Waals surface area contributed by atoms with Crippen LogP contribution in [0.25, 0.3) is 0 Å². The third kappa shape index (κ3) is 2.38. The van der Waals surface area contributed by atoms with E-state index >= 15 is 0 Å². The molecular formula is C9H17N5O2. The van der Waals surface area contributed by atoms with Crippen molar-refractivity contribution in [3.8, 4) is 0 Å². The smallest absolute Gasteiger partial charge is 0.254 e. The standard InChI is InChI=1S/C9H17N5O2/c1-13-3-4-14(2)7(5-13)9-11-8(6-15-10)16-12-9/h7H,3-6,10H2,1-2H3. The minimum absolute atomic E-state index is 0.152. The lowest BCUT2D eigenvalue weighted by Crippen LogP contribution is -2.45. The van der Waals surface area contributed by atoms with Crippen LogP contribution < -0.4 is 5.90 Å². The van der Waals surface area contributed by atoms with Gasteiger partial charge in [-0.15, -0.1) is 0 Å². The third-order valence-corrected chi connectivity index (χ3v) is 2.84. The second-order valence-electron chi connectivity index (χ2n) is 4.12. The monoisotopic (exact) mass is 227 g/mol. The lowest BCUT2D eigenvalue weighted by Gasteiger charge is -2.35. The topological polar surface area (TPSA) is 80.7 Å². The summed E-state index contributed by atoms with van der Waals surface area (Å²) in [5.74, 6) is 6.06. The largest absolute Gasteiger partial charge is 0.337 e. The summed E-state index contributed by atoms with van der Waals surface area (Å²) < 4.78 is 5.03. The molecule has 1 aromatic rings. The van der Waals surface area contributed by atoms with E-state index in [-0.39, 0.29) is 12.6 Å². The average molecular weight is 227 g/mol. The average Bonchev–Trinajstić information content (AvgIpc) is 2.71. The summed E-state index contributed by atoms with van der Waals surface area (Å²) in [5.41, 5.74) is 0. The Hall–Kier alpha value is -1.02. The molecule has 0 saturated carbocycles. The number of hydrogen-bond acceptors (Lipinski definition) is 7. The van der Waals surface area contributed by atoms with Gasteiger partial charge in [-0.2, -0.15) is 4.98 Å². The Kier molecular flexibility index (Phi) is 3.49. The van der Waals surface area contributed by atoms with Gasteiger partial charge < -0.3 is 9.42 Å². The van der Waals surface area contributed by atoms with Crippen molar-refractivity contribution in [3.05, 3.63) is 11.7 Å². The minimum atomic E-state index is 0.152. The second-order valence-corrected chi connectivity index (χ2v) is 4.12. The first-order valence-corrected chi connectivity index (χ1v) is 5.23. The summed E-state index contributed by atoms with van der Waals surface area (Å²) in [6.45, 7) is 3.11. The van der Waals surface area contributed by atoms with Gasteiger partial charge in [0, 0.05) is 19.6 Å². The Morgan fingerprint density at radius 1 is 1.50 bits per heavy atom. The van der Waals surface area contributed by atoms with Gasteiger partial charge in [-0.25, -0.2) is 5.90 Å². The summed E-state index contributed by atoms with van der Waals surface area (Å²) in [6.07, 6.45) is 0. The zero-order valence-corrected chi connectivity index (χ0v) is 9.59. The van der Waals surface area contributed by atoms with Crippen molar-refractivity contribution < 1.29 is 9.36 Å². The van der Waals surface area contributed by atoms with Gasteiger partial charge in [0.25, 0.3) is 5.89 Å². The molecule has 0 spiro atoms. The fourth-order valence-corrected chi connectivity index (χ4v) is 1.82. The number of nitrogens with two attached hydrogens (primary N) is 1. The van der Waals surface area contributed by atoms with Crippen molar-refractivity contribution in [2.45, 2.75) is 12.6 Å². The van der Waals surface area contributed by atoms with Crippen LogP contribution in [-0.4, -0.2) is 53.7 Å². The first-order valence-electron chi connectivity index (χ1n) is 5.23. The van der Waals surface area contributed by atoms with E-state index in [9.17, 15) is 0 Å². The van der Waals surface area contributed by atoms with Gasteiger partial charge in [0.05, 0.1) is 6.04 Å². The molecule has 1 atom stereocenters. The van der Waals surface area contributed by atoms with Crippen LogP contribution in [-0.2, 0) is 11.4 Å². The molecule has 0 aliphatic carbocycles. The molecule has 0 amide bonds. The highest BCUT2D eigenvalue weighted by Gasteiger charge is 2.27. The number of likely N-dealkylation sites (N-methyl/N-ethyl adjacent to an activating group) is 2. The zero-order valence-electron chi connectivity index (χ0n) is 9.59. The van der Waals surface area contributed by atoms with Crippen LogP contribution in [0.4, 0.5) is 0 Å². The maximum Gasteiger partial charge on any atom is 0.254 e. The Morgan fingerprint density at radius 2 is 2.31 bits per heavy atom. The molecule has 0 aromatic carbocycles. The second kappa shape index (κ2) is 4.88. The van der Waals surface area contributed by atoms with E-state index in [1.54, 1.807) is 0 Å². The van der Waals surface area contributed by atoms with E-state index in [2.05, 4.69) is 38.9 Å². The van der Waals surface area contributed by atoms with Gasteiger partial charge in [0.2, 0.25) is 0 Å². The predicted octanol–water partition coefficient (Wildman–Crippen LogP) is -0.622. The highest BCUT2D eigenvalue weighted by molar-refractivity contribution is 4.97. The molecule has 0 bridgehead atoms. The summed E-state index contributed by atoms with van der Waals surface area (Å²) in [4.78, 5) is 13.2. The lowest BCUT2D eigenvalue weighted by molar-refractivity contribution is 0.0990. The number of rotatable bonds is 3. The van der Waals surface area contributed by atoms with Crippen LogP contribution in [0, 0.1) is 0 Å². The first-order chi connectivity index (χ1) is 7.70. The fraction of sp³-hybridized carbons (Fsp3) is 0.778. The zero-order chi connectivity index (χ0) is 11.5. The molecule has 16 heavy (non-hydrogen) atoms. The van der Waals surface area contributed by atoms with Crippen LogP contribution in [0.15, 0.2) is 4.52 Å². The van der Waals surface area contributed by atoms with E-state index in [1.165, 1.54) is 0 Å². The molecule has 2 N–H and O–H groups in total. The maximum absolute atomic E-state index is 5.03. The summed E-state index contributed by atoms with van der Waals surface area (Å²) in [5, 5.41) is 3.95. The molecule has 0 radical (unpaired) electrons. The Balaban J connectivity index is 2.08. The van der Waals surface area contributed by atoms with Crippen LogP contribution in [0.5, 0.6) is 0 Å². The molecule has 1 aromatic heterocycles. The van der Waals surface area contributed by atoms with Crippen molar-refractivity contribution in [2.75, 3.05) is 33.7 Å². The number of aromatic nitrogens is 2. The maximum atomic E-state index is 5.03. The van der Waals surface area contributed by atoms with Gasteiger partial charge in [-0.3, -0.25) is 9.74 Å². The van der Waals surface area contributed by atoms with E-state index in [1.807, 2.05) is 0 Å². The minimum Gasteiger partial charge on any atom is -0.337 e. The Morgan fingerprint density at radius 3 is 3.06 bits per heavy atom. The predicted molar refractivity (Wildman–Crippen MR) is 56.1 cm³/mol. The van der Waals surface area contributed by atoms with Gasteiger partial charge in [-0.1, -0.05) is 5.16 Å². The van der Waals surface area contributed by atoms with Crippen molar-refractivity contribution in [1.29, 1.82) is 0 Å². The molecule has 1 unspecified atom stereocenters. The quantitative estimate of drug-likeness (QED) is 0.689. The first kappa shape index (κ1) is 11.5. The van der Waals surface area contributed by atoms with Crippen LogP contribution in [0.1, 0.15) is 17.8 Å². The SMILES string of the molecule is CN1CCN(C)C(c2noc(CON)n2)C1. The molecule has 1 aliphatic rings. The molecule has 2 rings (SSSR count). The molecule has 90 valence electrons. The van der Waals surface area contributed by atoms with Crippen molar-refractivity contribution in [3.63, 3.8) is 0 Å². The number of hydrogen-bond donors (Lipinski definition) is 1. The number of nitrogens with zero attached hydrogens (tertiary/aromatic N) is 4. The molecule has 1 fully saturated rings. The van der Waals surface area contributed by atoms with Crippen LogP contribution in [0.2, 0.25) is 0 Å². The van der Waals surface area contributed by atoms with E-state index in [0.717, 1.165) is 19.6 Å². The van der Waals surface area contributed by atoms with Crippen LogP contribution >= 0.6 is 0 Å².